The van der Waals surface area contributed by atoms with E-state index in [-0.39, 0.29) is 6.61 Å². The average molecular weight is 412 g/mol. The predicted octanol–water partition coefficient (Wildman–Crippen LogP) is 3.62. The van der Waals surface area contributed by atoms with Crippen molar-refractivity contribution in [1.29, 1.82) is 5.26 Å². The molecule has 0 aliphatic heterocycles. The fourth-order valence-corrected chi connectivity index (χ4v) is 3.15. The van der Waals surface area contributed by atoms with Gasteiger partial charge in [0.2, 0.25) is 0 Å². The molecule has 1 aromatic carbocycles. The zero-order valence-electron chi connectivity index (χ0n) is 14.1. The Kier molecular flexibility index (Phi) is 4.79. The molecular weight excluding hydrogens is 401 g/mol. The first-order valence-electron chi connectivity index (χ1n) is 8.02. The van der Waals surface area contributed by atoms with E-state index in [1.54, 1.807) is 30.5 Å². The molecule has 4 rings (SSSR count). The quantitative estimate of drug-likeness (QED) is 0.526. The van der Waals surface area contributed by atoms with Gasteiger partial charge < -0.3 is 10.4 Å². The molecule has 0 amide bonds. The van der Waals surface area contributed by atoms with Gasteiger partial charge in [-0.25, -0.2) is 19.6 Å². The van der Waals surface area contributed by atoms with Crippen LogP contribution < -0.4 is 5.32 Å². The SMILES string of the molecule is N#Cc1cccc(Cl)c1-n1cc2c(Nc3cc(CO)ncn3)ncc(Cl)c2n1. The van der Waals surface area contributed by atoms with Gasteiger partial charge in [-0.1, -0.05) is 29.3 Å². The second kappa shape index (κ2) is 7.40. The number of aliphatic hydroxyl groups excluding tert-OH is 1. The van der Waals surface area contributed by atoms with Crippen molar-refractivity contribution in [3.8, 4) is 11.8 Å². The molecule has 0 aliphatic rings. The molecule has 2 N–H and O–H groups in total. The summed E-state index contributed by atoms with van der Waals surface area (Å²) in [6, 6.07) is 8.75. The summed E-state index contributed by atoms with van der Waals surface area (Å²) in [6.07, 6.45) is 4.50. The molecule has 0 saturated heterocycles. The Labute approximate surface area is 169 Å². The van der Waals surface area contributed by atoms with Crippen LogP contribution in [0, 0.1) is 11.3 Å². The highest BCUT2D eigenvalue weighted by Gasteiger charge is 2.16. The number of fused-ring (bicyclic) bond motifs is 1. The summed E-state index contributed by atoms with van der Waals surface area (Å²) in [5.41, 5.74) is 1.78. The summed E-state index contributed by atoms with van der Waals surface area (Å²) in [5.74, 6) is 0.914. The van der Waals surface area contributed by atoms with Crippen LogP contribution in [0.4, 0.5) is 11.6 Å². The van der Waals surface area contributed by atoms with Crippen LogP contribution in [0.15, 0.2) is 43.0 Å². The van der Waals surface area contributed by atoms with Crippen LogP contribution in [-0.2, 0) is 6.61 Å². The molecule has 4 aromatic rings. The second-order valence-electron chi connectivity index (χ2n) is 5.72. The van der Waals surface area contributed by atoms with E-state index in [0.29, 0.717) is 49.5 Å². The first-order valence-corrected chi connectivity index (χ1v) is 8.78. The van der Waals surface area contributed by atoms with Gasteiger partial charge in [0.25, 0.3) is 0 Å². The summed E-state index contributed by atoms with van der Waals surface area (Å²) >= 11 is 12.6. The van der Waals surface area contributed by atoms with Crippen molar-refractivity contribution in [2.45, 2.75) is 6.61 Å². The fraction of sp³-hybridized carbons (Fsp3) is 0.0556. The van der Waals surface area contributed by atoms with Crippen LogP contribution in [-0.4, -0.2) is 29.8 Å². The molecule has 0 unspecified atom stereocenters. The van der Waals surface area contributed by atoms with Crippen LogP contribution in [0.5, 0.6) is 0 Å². The van der Waals surface area contributed by atoms with Crippen molar-refractivity contribution in [2.24, 2.45) is 0 Å². The Morgan fingerprint density at radius 2 is 2.04 bits per heavy atom. The van der Waals surface area contributed by atoms with Gasteiger partial charge in [0.05, 0.1) is 39.5 Å². The number of nitrogens with one attached hydrogen (secondary N) is 1. The van der Waals surface area contributed by atoms with E-state index in [4.69, 9.17) is 23.2 Å². The van der Waals surface area contributed by atoms with E-state index < -0.39 is 0 Å². The summed E-state index contributed by atoms with van der Waals surface area (Å²) in [4.78, 5) is 12.4. The first kappa shape index (κ1) is 18.1. The lowest BCUT2D eigenvalue weighted by molar-refractivity contribution is 0.276. The van der Waals surface area contributed by atoms with Crippen molar-refractivity contribution in [3.63, 3.8) is 0 Å². The Bertz CT molecular complexity index is 1230. The third kappa shape index (κ3) is 3.23. The van der Waals surface area contributed by atoms with E-state index >= 15 is 0 Å². The second-order valence-corrected chi connectivity index (χ2v) is 6.53. The maximum atomic E-state index is 9.40. The van der Waals surface area contributed by atoms with Gasteiger partial charge in [-0.2, -0.15) is 10.4 Å². The topological polar surface area (TPSA) is 113 Å². The molecule has 3 heterocycles. The lowest BCUT2D eigenvalue weighted by Gasteiger charge is -2.06. The van der Waals surface area contributed by atoms with Crippen LogP contribution in [0.3, 0.4) is 0 Å². The minimum Gasteiger partial charge on any atom is -0.390 e. The van der Waals surface area contributed by atoms with Crippen LogP contribution >= 0.6 is 23.2 Å². The number of halogens is 2. The normalized spacial score (nSPS) is 10.8. The third-order valence-electron chi connectivity index (χ3n) is 3.97. The number of rotatable bonds is 4. The molecule has 28 heavy (non-hydrogen) atoms. The van der Waals surface area contributed by atoms with Gasteiger partial charge >= 0.3 is 0 Å². The van der Waals surface area contributed by atoms with Gasteiger partial charge in [-0.15, -0.1) is 0 Å². The number of hydrogen-bond acceptors (Lipinski definition) is 7. The zero-order valence-corrected chi connectivity index (χ0v) is 15.6. The van der Waals surface area contributed by atoms with Crippen molar-refractivity contribution in [3.05, 3.63) is 64.3 Å². The summed E-state index contributed by atoms with van der Waals surface area (Å²) in [7, 11) is 0. The highest BCUT2D eigenvalue weighted by Crippen LogP contribution is 2.31. The molecule has 0 spiro atoms. The summed E-state index contributed by atoms with van der Waals surface area (Å²) < 4.78 is 1.50. The molecular formula is C18H11Cl2N7O. The minimum atomic E-state index is -0.206. The number of nitriles is 1. The summed E-state index contributed by atoms with van der Waals surface area (Å²) in [5, 5.41) is 27.5. The maximum absolute atomic E-state index is 9.40. The van der Waals surface area contributed by atoms with Gasteiger partial charge in [0.15, 0.2) is 0 Å². The van der Waals surface area contributed by atoms with Gasteiger partial charge in [-0.3, -0.25) is 0 Å². The number of benzene rings is 1. The minimum absolute atomic E-state index is 0.206. The molecule has 3 aromatic heterocycles. The van der Waals surface area contributed by atoms with E-state index in [2.05, 4.69) is 31.4 Å². The Morgan fingerprint density at radius 1 is 1.18 bits per heavy atom. The molecule has 0 saturated carbocycles. The van der Waals surface area contributed by atoms with Gasteiger partial charge in [0.1, 0.15) is 35.2 Å². The zero-order chi connectivity index (χ0) is 19.7. The van der Waals surface area contributed by atoms with Gasteiger partial charge in [-0.05, 0) is 12.1 Å². The maximum Gasteiger partial charge on any atom is 0.142 e. The van der Waals surface area contributed by atoms with Crippen molar-refractivity contribution in [1.82, 2.24) is 24.7 Å². The lowest BCUT2D eigenvalue weighted by Crippen LogP contribution is -1.99. The predicted molar refractivity (Wildman–Crippen MR) is 105 cm³/mol. The first-order chi connectivity index (χ1) is 13.6. The molecule has 0 atom stereocenters. The summed E-state index contributed by atoms with van der Waals surface area (Å²) in [6.45, 7) is -0.206. The number of aliphatic hydroxyl groups is 1. The van der Waals surface area contributed by atoms with Crippen LogP contribution in [0.25, 0.3) is 16.6 Å². The van der Waals surface area contributed by atoms with E-state index in [9.17, 15) is 10.4 Å². The number of nitrogens with zero attached hydrogens (tertiary/aromatic N) is 6. The van der Waals surface area contributed by atoms with Crippen LogP contribution in [0.1, 0.15) is 11.3 Å². The molecule has 8 nitrogen and oxygen atoms in total. The lowest BCUT2D eigenvalue weighted by atomic mass is 10.2. The number of hydrogen-bond donors (Lipinski definition) is 2. The monoisotopic (exact) mass is 411 g/mol. The molecule has 138 valence electrons. The largest absolute Gasteiger partial charge is 0.390 e. The highest BCUT2D eigenvalue weighted by molar-refractivity contribution is 6.35. The smallest absolute Gasteiger partial charge is 0.142 e. The van der Waals surface area contributed by atoms with Crippen molar-refractivity contribution in [2.75, 3.05) is 5.32 Å². The Balaban J connectivity index is 1.85. The van der Waals surface area contributed by atoms with Crippen molar-refractivity contribution >= 4 is 45.7 Å². The number of aromatic nitrogens is 5. The Hall–Kier alpha value is -3.25. The number of para-hydroxylation sites is 1. The molecule has 0 fully saturated rings. The molecule has 0 bridgehead atoms. The van der Waals surface area contributed by atoms with Gasteiger partial charge in [0, 0.05) is 12.3 Å². The molecule has 10 heteroatoms. The van der Waals surface area contributed by atoms with Crippen LogP contribution in [0.2, 0.25) is 10.0 Å². The standard InChI is InChI=1S/C18H11Cl2N7O/c19-13-3-1-2-10(5-21)17(13)27-7-12-16(26-27)14(20)6-22-18(12)25-15-4-11(8-28)23-9-24-15/h1-4,6-7,9,28H,8H2,(H,22,23,24,25). The highest BCUT2D eigenvalue weighted by atomic mass is 35.5. The fourth-order valence-electron chi connectivity index (χ4n) is 2.70. The Morgan fingerprint density at radius 3 is 2.82 bits per heavy atom. The number of pyridine rings is 1. The van der Waals surface area contributed by atoms with Crippen molar-refractivity contribution < 1.29 is 5.11 Å². The van der Waals surface area contributed by atoms with E-state index in [0.717, 1.165) is 0 Å². The van der Waals surface area contributed by atoms with E-state index in [1.807, 2.05) is 0 Å². The molecule has 0 radical (unpaired) electrons. The average Bonchev–Trinajstić information content (AvgIpc) is 3.16. The molecule has 0 aliphatic carbocycles. The third-order valence-corrected chi connectivity index (χ3v) is 4.55. The van der Waals surface area contributed by atoms with E-state index in [1.165, 1.54) is 17.2 Å². The number of anilines is 2.